The summed E-state index contributed by atoms with van der Waals surface area (Å²) in [6.07, 6.45) is 3.55. The van der Waals surface area contributed by atoms with Crippen LogP contribution in [-0.4, -0.2) is 19.1 Å². The molecule has 0 heterocycles. The first-order valence-electron chi connectivity index (χ1n) is 7.34. The number of nitrogens with one attached hydrogen (secondary N) is 1. The molecule has 1 fully saturated rings. The largest absolute Gasteiger partial charge is 0.497 e. The first kappa shape index (κ1) is 17.8. The predicted molar refractivity (Wildman–Crippen MR) is 86.7 cm³/mol. The van der Waals surface area contributed by atoms with Gasteiger partial charge < -0.3 is 15.8 Å². The minimum atomic E-state index is 0. The van der Waals surface area contributed by atoms with Crippen LogP contribution in [0, 0.1) is 5.92 Å². The SMILES string of the molecule is CCC(NC(=O)C1CCC(N)C1)c1ccc(OC)cc1.Cl. The van der Waals surface area contributed by atoms with Crippen LogP contribution in [0.3, 0.4) is 0 Å². The first-order valence-corrected chi connectivity index (χ1v) is 7.34. The molecule has 1 aromatic carbocycles. The number of carbonyl (C=O) groups excluding carboxylic acids is 1. The molecule has 1 saturated carbocycles. The third-order valence-corrected chi connectivity index (χ3v) is 4.09. The van der Waals surface area contributed by atoms with E-state index in [1.807, 2.05) is 24.3 Å². The molecule has 0 aromatic heterocycles. The second-order valence-electron chi connectivity index (χ2n) is 5.51. The Morgan fingerprint density at radius 2 is 2.05 bits per heavy atom. The van der Waals surface area contributed by atoms with Gasteiger partial charge in [0.15, 0.2) is 0 Å². The molecule has 21 heavy (non-hydrogen) atoms. The van der Waals surface area contributed by atoms with E-state index >= 15 is 0 Å². The Hall–Kier alpha value is -1.26. The molecule has 1 aliphatic rings. The summed E-state index contributed by atoms with van der Waals surface area (Å²) in [6, 6.07) is 8.11. The number of hydrogen-bond donors (Lipinski definition) is 2. The lowest BCUT2D eigenvalue weighted by molar-refractivity contribution is -0.125. The van der Waals surface area contributed by atoms with Crippen LogP contribution in [0.4, 0.5) is 0 Å². The Kier molecular flexibility index (Phi) is 6.99. The van der Waals surface area contributed by atoms with Crippen molar-refractivity contribution in [3.05, 3.63) is 29.8 Å². The van der Waals surface area contributed by atoms with E-state index in [1.165, 1.54) is 0 Å². The number of nitrogens with two attached hydrogens (primary N) is 1. The van der Waals surface area contributed by atoms with Crippen LogP contribution >= 0.6 is 12.4 Å². The average molecular weight is 313 g/mol. The van der Waals surface area contributed by atoms with Gasteiger partial charge in [-0.1, -0.05) is 19.1 Å². The lowest BCUT2D eigenvalue weighted by Gasteiger charge is -2.20. The van der Waals surface area contributed by atoms with E-state index in [0.717, 1.165) is 37.0 Å². The van der Waals surface area contributed by atoms with Crippen LogP contribution in [0.25, 0.3) is 0 Å². The topological polar surface area (TPSA) is 64.4 Å². The van der Waals surface area contributed by atoms with Crippen molar-refractivity contribution in [2.75, 3.05) is 7.11 Å². The second kappa shape index (κ2) is 8.25. The van der Waals surface area contributed by atoms with Gasteiger partial charge in [0, 0.05) is 12.0 Å². The van der Waals surface area contributed by atoms with Crippen LogP contribution < -0.4 is 15.8 Å². The van der Waals surface area contributed by atoms with Gasteiger partial charge in [-0.25, -0.2) is 0 Å². The Morgan fingerprint density at radius 3 is 2.52 bits per heavy atom. The van der Waals surface area contributed by atoms with Crippen molar-refractivity contribution in [1.82, 2.24) is 5.32 Å². The number of benzene rings is 1. The standard InChI is InChI=1S/C16H24N2O2.ClH/c1-3-15(11-5-8-14(20-2)9-6-11)18-16(19)12-4-7-13(17)10-12;/h5-6,8-9,12-13,15H,3-4,7,10,17H2,1-2H3,(H,18,19);1H. The minimum absolute atomic E-state index is 0. The molecule has 1 aliphatic carbocycles. The Bertz CT molecular complexity index is 450. The summed E-state index contributed by atoms with van der Waals surface area (Å²) >= 11 is 0. The summed E-state index contributed by atoms with van der Waals surface area (Å²) in [4.78, 5) is 12.3. The summed E-state index contributed by atoms with van der Waals surface area (Å²) in [5.41, 5.74) is 6.99. The van der Waals surface area contributed by atoms with E-state index < -0.39 is 0 Å². The molecule has 3 atom stereocenters. The van der Waals surface area contributed by atoms with Gasteiger partial charge in [-0.05, 0) is 43.4 Å². The quantitative estimate of drug-likeness (QED) is 0.878. The van der Waals surface area contributed by atoms with Gasteiger partial charge in [-0.2, -0.15) is 0 Å². The fourth-order valence-corrected chi connectivity index (χ4v) is 2.80. The van der Waals surface area contributed by atoms with E-state index in [4.69, 9.17) is 10.5 Å². The molecule has 0 spiro atoms. The summed E-state index contributed by atoms with van der Waals surface area (Å²) < 4.78 is 5.16. The lowest BCUT2D eigenvalue weighted by atomic mass is 10.0. The molecule has 4 nitrogen and oxygen atoms in total. The number of ether oxygens (including phenoxy) is 1. The molecular weight excluding hydrogens is 288 g/mol. The van der Waals surface area contributed by atoms with Gasteiger partial charge in [0.2, 0.25) is 5.91 Å². The van der Waals surface area contributed by atoms with Crippen molar-refractivity contribution in [2.45, 2.75) is 44.7 Å². The number of halogens is 1. The summed E-state index contributed by atoms with van der Waals surface area (Å²) in [5.74, 6) is 1.05. The van der Waals surface area contributed by atoms with Crippen molar-refractivity contribution >= 4 is 18.3 Å². The van der Waals surface area contributed by atoms with Crippen molar-refractivity contribution in [3.63, 3.8) is 0 Å². The molecule has 1 aromatic rings. The summed E-state index contributed by atoms with van der Waals surface area (Å²) in [7, 11) is 1.65. The molecular formula is C16H25ClN2O2. The number of hydrogen-bond acceptors (Lipinski definition) is 3. The van der Waals surface area contributed by atoms with Gasteiger partial charge in [0.05, 0.1) is 13.2 Å². The van der Waals surface area contributed by atoms with Crippen LogP contribution in [0.1, 0.15) is 44.2 Å². The first-order chi connectivity index (χ1) is 9.63. The van der Waals surface area contributed by atoms with Gasteiger partial charge >= 0.3 is 0 Å². The van der Waals surface area contributed by atoms with Crippen LogP contribution in [0.2, 0.25) is 0 Å². The maximum absolute atomic E-state index is 12.3. The molecule has 5 heteroatoms. The minimum Gasteiger partial charge on any atom is -0.497 e. The molecule has 0 saturated heterocycles. The summed E-state index contributed by atoms with van der Waals surface area (Å²) in [5, 5.41) is 3.15. The van der Waals surface area contributed by atoms with E-state index in [1.54, 1.807) is 7.11 Å². The third kappa shape index (κ3) is 4.61. The van der Waals surface area contributed by atoms with Gasteiger partial charge in [-0.3, -0.25) is 4.79 Å². The maximum atomic E-state index is 12.3. The highest BCUT2D eigenvalue weighted by molar-refractivity contribution is 5.85. The molecule has 3 N–H and O–H groups in total. The van der Waals surface area contributed by atoms with Crippen molar-refractivity contribution in [1.29, 1.82) is 0 Å². The van der Waals surface area contributed by atoms with E-state index in [2.05, 4.69) is 12.2 Å². The molecule has 1 amide bonds. The van der Waals surface area contributed by atoms with Crippen molar-refractivity contribution in [3.8, 4) is 5.75 Å². The van der Waals surface area contributed by atoms with E-state index in [-0.39, 0.29) is 36.3 Å². The molecule has 0 radical (unpaired) electrons. The molecule has 0 bridgehead atoms. The smallest absolute Gasteiger partial charge is 0.223 e. The highest BCUT2D eigenvalue weighted by atomic mass is 35.5. The number of amides is 1. The predicted octanol–water partition coefficient (Wildman–Crippen LogP) is 2.81. The van der Waals surface area contributed by atoms with Crippen LogP contribution in [-0.2, 0) is 4.79 Å². The Morgan fingerprint density at radius 1 is 1.38 bits per heavy atom. The highest BCUT2D eigenvalue weighted by Crippen LogP contribution is 2.26. The van der Waals surface area contributed by atoms with Gasteiger partial charge in [0.1, 0.15) is 5.75 Å². The number of carbonyl (C=O) groups is 1. The van der Waals surface area contributed by atoms with Crippen LogP contribution in [0.15, 0.2) is 24.3 Å². The summed E-state index contributed by atoms with van der Waals surface area (Å²) in [6.45, 7) is 2.08. The van der Waals surface area contributed by atoms with E-state index in [9.17, 15) is 4.79 Å². The third-order valence-electron chi connectivity index (χ3n) is 4.09. The molecule has 118 valence electrons. The zero-order valence-electron chi connectivity index (χ0n) is 12.7. The molecule has 3 unspecified atom stereocenters. The zero-order valence-corrected chi connectivity index (χ0v) is 13.5. The normalized spacial score (nSPS) is 22.2. The zero-order chi connectivity index (χ0) is 14.5. The maximum Gasteiger partial charge on any atom is 0.223 e. The molecule has 2 rings (SSSR count). The van der Waals surface area contributed by atoms with E-state index in [0.29, 0.717) is 0 Å². The highest BCUT2D eigenvalue weighted by Gasteiger charge is 2.28. The number of methoxy groups -OCH3 is 1. The van der Waals surface area contributed by atoms with Crippen molar-refractivity contribution < 1.29 is 9.53 Å². The van der Waals surface area contributed by atoms with Crippen molar-refractivity contribution in [2.24, 2.45) is 11.7 Å². The lowest BCUT2D eigenvalue weighted by Crippen LogP contribution is -2.33. The van der Waals surface area contributed by atoms with Crippen LogP contribution in [0.5, 0.6) is 5.75 Å². The molecule has 0 aliphatic heterocycles. The number of rotatable bonds is 5. The average Bonchev–Trinajstić information content (AvgIpc) is 2.91. The fraction of sp³-hybridized carbons (Fsp3) is 0.562. The Labute approximate surface area is 132 Å². The monoisotopic (exact) mass is 312 g/mol. The Balaban J connectivity index is 0.00000220. The van der Waals surface area contributed by atoms with Gasteiger partial charge in [0.25, 0.3) is 0 Å². The second-order valence-corrected chi connectivity index (χ2v) is 5.51. The fourth-order valence-electron chi connectivity index (χ4n) is 2.80. The van der Waals surface area contributed by atoms with Gasteiger partial charge in [-0.15, -0.1) is 12.4 Å².